The summed E-state index contributed by atoms with van der Waals surface area (Å²) in [6.45, 7) is 2.37. The Bertz CT molecular complexity index is 81.1. The summed E-state index contributed by atoms with van der Waals surface area (Å²) in [6, 6.07) is 0.419. The van der Waals surface area contributed by atoms with Crippen LogP contribution in [0.3, 0.4) is 0 Å². The highest BCUT2D eigenvalue weighted by molar-refractivity contribution is 6.21. The second-order valence-corrected chi connectivity index (χ2v) is 2.97. The zero-order valence-electron chi connectivity index (χ0n) is 5.72. The van der Waals surface area contributed by atoms with Crippen molar-refractivity contribution in [2.24, 2.45) is 0 Å². The van der Waals surface area contributed by atoms with Crippen LogP contribution in [0.15, 0.2) is 0 Å². The first-order chi connectivity index (χ1) is 4.38. The SMILES string of the molecule is Cl.ClCC(CCl)N1CCC1. The minimum atomic E-state index is 0. The Labute approximate surface area is 78.1 Å². The first kappa shape index (κ1) is 10.8. The number of hydrogen-bond acceptors (Lipinski definition) is 1. The fraction of sp³-hybridized carbons (Fsp3) is 1.00. The predicted molar refractivity (Wildman–Crippen MR) is 48.7 cm³/mol. The highest BCUT2D eigenvalue weighted by Crippen LogP contribution is 2.13. The molecule has 0 aliphatic carbocycles. The smallest absolute Gasteiger partial charge is 0.0391 e. The molecular formula is C6H12Cl3N. The van der Waals surface area contributed by atoms with Crippen LogP contribution in [-0.2, 0) is 0 Å². The lowest BCUT2D eigenvalue weighted by molar-refractivity contribution is 0.142. The Balaban J connectivity index is 0.000000810. The molecule has 1 aliphatic heterocycles. The summed E-state index contributed by atoms with van der Waals surface area (Å²) >= 11 is 11.3. The van der Waals surface area contributed by atoms with Crippen LogP contribution in [0.25, 0.3) is 0 Å². The molecular weight excluding hydrogens is 192 g/mol. The van der Waals surface area contributed by atoms with Crippen LogP contribution < -0.4 is 0 Å². The number of halogens is 3. The molecule has 0 radical (unpaired) electrons. The number of nitrogens with zero attached hydrogens (tertiary/aromatic N) is 1. The van der Waals surface area contributed by atoms with Gasteiger partial charge in [0.25, 0.3) is 0 Å². The van der Waals surface area contributed by atoms with Gasteiger partial charge in [0, 0.05) is 17.8 Å². The molecule has 0 aromatic rings. The molecule has 1 rings (SSSR count). The van der Waals surface area contributed by atoms with Gasteiger partial charge in [-0.25, -0.2) is 0 Å². The molecule has 1 nitrogen and oxygen atoms in total. The summed E-state index contributed by atoms with van der Waals surface area (Å²) in [4.78, 5) is 2.32. The first-order valence-electron chi connectivity index (χ1n) is 3.24. The van der Waals surface area contributed by atoms with E-state index >= 15 is 0 Å². The van der Waals surface area contributed by atoms with Crippen molar-refractivity contribution >= 4 is 35.6 Å². The van der Waals surface area contributed by atoms with Gasteiger partial charge < -0.3 is 0 Å². The molecule has 0 amide bonds. The van der Waals surface area contributed by atoms with Crippen LogP contribution in [0.2, 0.25) is 0 Å². The third kappa shape index (κ3) is 2.46. The zero-order valence-corrected chi connectivity index (χ0v) is 8.05. The number of hydrogen-bond donors (Lipinski definition) is 0. The number of likely N-dealkylation sites (tertiary alicyclic amines) is 1. The van der Waals surface area contributed by atoms with E-state index in [2.05, 4.69) is 4.90 Å². The van der Waals surface area contributed by atoms with Gasteiger partial charge in [-0.3, -0.25) is 4.90 Å². The lowest BCUT2D eigenvalue weighted by Gasteiger charge is -2.36. The Morgan fingerprint density at radius 3 is 1.80 bits per heavy atom. The van der Waals surface area contributed by atoms with Crippen molar-refractivity contribution in [3.8, 4) is 0 Å². The summed E-state index contributed by atoms with van der Waals surface area (Å²) in [5.41, 5.74) is 0. The topological polar surface area (TPSA) is 3.24 Å². The van der Waals surface area contributed by atoms with Crippen LogP contribution in [0, 0.1) is 0 Å². The van der Waals surface area contributed by atoms with Gasteiger partial charge in [-0.1, -0.05) is 0 Å². The maximum atomic E-state index is 5.65. The largest absolute Gasteiger partial charge is 0.298 e. The van der Waals surface area contributed by atoms with Crippen molar-refractivity contribution in [3.63, 3.8) is 0 Å². The van der Waals surface area contributed by atoms with Crippen molar-refractivity contribution in [3.05, 3.63) is 0 Å². The number of alkyl halides is 2. The summed E-state index contributed by atoms with van der Waals surface area (Å²) < 4.78 is 0. The van der Waals surface area contributed by atoms with E-state index < -0.39 is 0 Å². The van der Waals surface area contributed by atoms with Gasteiger partial charge in [0.1, 0.15) is 0 Å². The van der Waals surface area contributed by atoms with E-state index in [0.717, 1.165) is 0 Å². The molecule has 0 spiro atoms. The molecule has 62 valence electrons. The highest BCUT2D eigenvalue weighted by atomic mass is 35.5. The van der Waals surface area contributed by atoms with E-state index in [0.29, 0.717) is 17.8 Å². The molecule has 1 aliphatic rings. The zero-order chi connectivity index (χ0) is 6.69. The van der Waals surface area contributed by atoms with Gasteiger partial charge in [-0.2, -0.15) is 0 Å². The van der Waals surface area contributed by atoms with Crippen molar-refractivity contribution in [2.75, 3.05) is 24.8 Å². The van der Waals surface area contributed by atoms with Gasteiger partial charge in [0.05, 0.1) is 0 Å². The standard InChI is InChI=1S/C6H11Cl2N.ClH/c7-4-6(5-8)9-2-1-3-9;/h6H,1-5H2;1H. The van der Waals surface area contributed by atoms with Crippen LogP contribution in [0.5, 0.6) is 0 Å². The van der Waals surface area contributed by atoms with Gasteiger partial charge in [0.2, 0.25) is 0 Å². The van der Waals surface area contributed by atoms with Crippen LogP contribution in [0.1, 0.15) is 6.42 Å². The molecule has 1 heterocycles. The minimum absolute atomic E-state index is 0. The molecule has 0 N–H and O–H groups in total. The van der Waals surface area contributed by atoms with Crippen molar-refractivity contribution in [1.82, 2.24) is 4.90 Å². The van der Waals surface area contributed by atoms with E-state index in [1.807, 2.05) is 0 Å². The molecule has 0 aromatic heterocycles. The van der Waals surface area contributed by atoms with Gasteiger partial charge in [-0.15, -0.1) is 35.6 Å². The molecule has 0 bridgehead atoms. The Morgan fingerprint density at radius 2 is 1.70 bits per heavy atom. The van der Waals surface area contributed by atoms with Crippen molar-refractivity contribution in [1.29, 1.82) is 0 Å². The third-order valence-electron chi connectivity index (χ3n) is 1.76. The molecule has 10 heavy (non-hydrogen) atoms. The average molecular weight is 205 g/mol. The maximum Gasteiger partial charge on any atom is 0.0391 e. The summed E-state index contributed by atoms with van der Waals surface area (Å²) in [5, 5.41) is 0. The van der Waals surface area contributed by atoms with Gasteiger partial charge in [-0.05, 0) is 19.5 Å². The van der Waals surface area contributed by atoms with Crippen LogP contribution in [0.4, 0.5) is 0 Å². The van der Waals surface area contributed by atoms with Crippen molar-refractivity contribution < 1.29 is 0 Å². The van der Waals surface area contributed by atoms with Crippen molar-refractivity contribution in [2.45, 2.75) is 12.5 Å². The second-order valence-electron chi connectivity index (χ2n) is 2.35. The van der Waals surface area contributed by atoms with Crippen LogP contribution >= 0.6 is 35.6 Å². The highest BCUT2D eigenvalue weighted by Gasteiger charge is 2.21. The Morgan fingerprint density at radius 1 is 1.20 bits per heavy atom. The van der Waals surface area contributed by atoms with E-state index in [-0.39, 0.29) is 12.4 Å². The first-order valence-corrected chi connectivity index (χ1v) is 4.31. The molecule has 0 atom stereocenters. The monoisotopic (exact) mass is 203 g/mol. The normalized spacial score (nSPS) is 18.3. The van der Waals surface area contributed by atoms with E-state index in [4.69, 9.17) is 23.2 Å². The fourth-order valence-corrected chi connectivity index (χ4v) is 1.66. The van der Waals surface area contributed by atoms with Gasteiger partial charge in [0.15, 0.2) is 0 Å². The third-order valence-corrected chi connectivity index (χ3v) is 2.48. The Hall–Kier alpha value is 0.830. The molecule has 1 saturated heterocycles. The van der Waals surface area contributed by atoms with E-state index in [1.54, 1.807) is 0 Å². The Kier molecular flexibility index (Phi) is 5.93. The molecule has 1 fully saturated rings. The lowest BCUT2D eigenvalue weighted by Crippen LogP contribution is -2.46. The fourth-order valence-electron chi connectivity index (χ4n) is 0.942. The minimum Gasteiger partial charge on any atom is -0.298 e. The maximum absolute atomic E-state index is 5.65. The quantitative estimate of drug-likeness (QED) is 0.636. The van der Waals surface area contributed by atoms with E-state index in [1.165, 1.54) is 19.5 Å². The van der Waals surface area contributed by atoms with Crippen LogP contribution in [-0.4, -0.2) is 35.8 Å². The van der Waals surface area contributed by atoms with Gasteiger partial charge >= 0.3 is 0 Å². The lowest BCUT2D eigenvalue weighted by atomic mass is 10.2. The molecule has 4 heteroatoms. The molecule has 0 unspecified atom stereocenters. The predicted octanol–water partition coefficient (Wildman–Crippen LogP) is 1.96. The average Bonchev–Trinajstić information content (AvgIpc) is 1.78. The summed E-state index contributed by atoms with van der Waals surface area (Å²) in [5.74, 6) is 1.34. The summed E-state index contributed by atoms with van der Waals surface area (Å²) in [6.07, 6.45) is 1.31. The number of rotatable bonds is 3. The van der Waals surface area contributed by atoms with E-state index in [9.17, 15) is 0 Å². The second kappa shape index (κ2) is 5.48. The molecule has 0 aromatic carbocycles. The summed E-state index contributed by atoms with van der Waals surface area (Å²) in [7, 11) is 0. The molecule has 0 saturated carbocycles.